The summed E-state index contributed by atoms with van der Waals surface area (Å²) < 4.78 is 5.13. The van der Waals surface area contributed by atoms with E-state index in [1.54, 1.807) is 12.4 Å². The van der Waals surface area contributed by atoms with Crippen LogP contribution in [0, 0.1) is 12.3 Å². The summed E-state index contributed by atoms with van der Waals surface area (Å²) in [7, 11) is 0. The van der Waals surface area contributed by atoms with Gasteiger partial charge in [-0.15, -0.1) is 12.3 Å². The highest BCUT2D eigenvalue weighted by molar-refractivity contribution is 5.58. The zero-order valence-electron chi connectivity index (χ0n) is 10.1. The van der Waals surface area contributed by atoms with Crippen molar-refractivity contribution in [3.05, 3.63) is 29.9 Å². The maximum absolute atomic E-state index is 5.82. The van der Waals surface area contributed by atoms with Gasteiger partial charge in [0.15, 0.2) is 0 Å². The number of pyridine rings is 1. The maximum atomic E-state index is 5.82. The van der Waals surface area contributed by atoms with Gasteiger partial charge in [-0.25, -0.2) is 0 Å². The molecule has 5 heteroatoms. The first-order valence-corrected chi connectivity index (χ1v) is 5.72. The smallest absolute Gasteiger partial charge is 0.244 e. The highest BCUT2D eigenvalue weighted by Gasteiger charge is 2.16. The first-order valence-electron chi connectivity index (χ1n) is 5.72. The molecule has 0 amide bonds. The number of rotatable bonds is 4. The molecule has 1 unspecified atom stereocenters. The average molecular weight is 242 g/mol. The lowest BCUT2D eigenvalue weighted by molar-refractivity contribution is 0.357. The van der Waals surface area contributed by atoms with Crippen LogP contribution in [-0.4, -0.2) is 15.1 Å². The Morgan fingerprint density at radius 1 is 1.56 bits per heavy atom. The van der Waals surface area contributed by atoms with Crippen molar-refractivity contribution in [1.29, 1.82) is 0 Å². The van der Waals surface area contributed by atoms with Crippen molar-refractivity contribution in [2.45, 2.75) is 25.8 Å². The molecule has 0 saturated carbocycles. The minimum Gasteiger partial charge on any atom is -0.337 e. The average Bonchev–Trinajstić information content (AvgIpc) is 2.88. The van der Waals surface area contributed by atoms with Crippen LogP contribution in [0.4, 0.5) is 0 Å². The van der Waals surface area contributed by atoms with Crippen LogP contribution >= 0.6 is 0 Å². The molecule has 2 N–H and O–H groups in total. The Bertz CT molecular complexity index is 570. The number of hydrogen-bond donors (Lipinski definition) is 1. The molecule has 2 aromatic rings. The number of hydrogen-bond acceptors (Lipinski definition) is 5. The highest BCUT2D eigenvalue weighted by atomic mass is 16.5. The third kappa shape index (κ3) is 2.39. The Labute approximate surface area is 105 Å². The molecule has 2 aromatic heterocycles. The lowest BCUT2D eigenvalue weighted by atomic mass is 10.1. The molecule has 92 valence electrons. The normalized spacial score (nSPS) is 12.1. The summed E-state index contributed by atoms with van der Waals surface area (Å²) in [6.45, 7) is 2.05. The van der Waals surface area contributed by atoms with E-state index in [0.29, 0.717) is 18.1 Å². The molecular weight excluding hydrogens is 228 g/mol. The van der Waals surface area contributed by atoms with E-state index in [-0.39, 0.29) is 0 Å². The summed E-state index contributed by atoms with van der Waals surface area (Å²) in [5.74, 6) is 3.36. The molecule has 0 aliphatic heterocycles. The second kappa shape index (κ2) is 5.43. The zero-order chi connectivity index (χ0) is 13.0. The number of terminal acetylenes is 1. The Morgan fingerprint density at radius 2 is 2.39 bits per heavy atom. The van der Waals surface area contributed by atoms with Crippen LogP contribution in [0.5, 0.6) is 0 Å². The van der Waals surface area contributed by atoms with E-state index < -0.39 is 6.04 Å². The minimum atomic E-state index is -0.414. The van der Waals surface area contributed by atoms with Gasteiger partial charge in [0.1, 0.15) is 0 Å². The van der Waals surface area contributed by atoms with Crippen molar-refractivity contribution in [3.8, 4) is 23.7 Å². The summed E-state index contributed by atoms with van der Waals surface area (Å²) in [6, 6.07) is 1.45. The van der Waals surface area contributed by atoms with Gasteiger partial charge in [-0.2, -0.15) is 4.98 Å². The number of nitrogens with zero attached hydrogens (tertiary/aromatic N) is 3. The summed E-state index contributed by atoms with van der Waals surface area (Å²) in [5, 5.41) is 3.94. The van der Waals surface area contributed by atoms with Gasteiger partial charge < -0.3 is 10.3 Å². The van der Waals surface area contributed by atoms with Crippen molar-refractivity contribution >= 4 is 0 Å². The van der Waals surface area contributed by atoms with Crippen molar-refractivity contribution in [2.75, 3.05) is 0 Å². The Morgan fingerprint density at radius 3 is 3.11 bits per heavy atom. The van der Waals surface area contributed by atoms with Gasteiger partial charge >= 0.3 is 0 Å². The van der Waals surface area contributed by atoms with Gasteiger partial charge in [0, 0.05) is 24.4 Å². The third-order valence-electron chi connectivity index (χ3n) is 2.62. The predicted octanol–water partition coefficient (Wildman–Crippen LogP) is 1.72. The van der Waals surface area contributed by atoms with E-state index in [1.807, 2.05) is 13.0 Å². The maximum Gasteiger partial charge on any atom is 0.244 e. The molecule has 0 saturated heterocycles. The van der Waals surface area contributed by atoms with Crippen LogP contribution in [-0.2, 0) is 6.42 Å². The van der Waals surface area contributed by atoms with Gasteiger partial charge in [-0.3, -0.25) is 4.98 Å². The standard InChI is InChI=1S/C13H14N4O/c1-3-5-11(14)13-16-12(17-18-13)10-6-7-15-8-9(10)4-2/h1,6-8,11H,4-5,14H2,2H3. The molecule has 2 rings (SSSR count). The van der Waals surface area contributed by atoms with Crippen molar-refractivity contribution in [3.63, 3.8) is 0 Å². The number of aryl methyl sites for hydroxylation is 1. The first kappa shape index (κ1) is 12.3. The fourth-order valence-electron chi connectivity index (χ4n) is 1.64. The van der Waals surface area contributed by atoms with E-state index in [9.17, 15) is 0 Å². The van der Waals surface area contributed by atoms with E-state index >= 15 is 0 Å². The molecule has 0 fully saturated rings. The molecule has 1 atom stereocenters. The lowest BCUT2D eigenvalue weighted by Crippen LogP contribution is -2.09. The van der Waals surface area contributed by atoms with E-state index in [2.05, 4.69) is 21.0 Å². The van der Waals surface area contributed by atoms with Gasteiger partial charge in [-0.1, -0.05) is 12.1 Å². The van der Waals surface area contributed by atoms with E-state index in [1.165, 1.54) is 0 Å². The van der Waals surface area contributed by atoms with Gasteiger partial charge in [0.2, 0.25) is 11.7 Å². The van der Waals surface area contributed by atoms with Crippen LogP contribution in [0.2, 0.25) is 0 Å². The molecule has 0 spiro atoms. The SMILES string of the molecule is C#CCC(N)c1nc(-c2ccncc2CC)no1. The molecule has 0 aliphatic rings. The van der Waals surface area contributed by atoms with Crippen molar-refractivity contribution in [1.82, 2.24) is 15.1 Å². The first-order chi connectivity index (χ1) is 8.76. The van der Waals surface area contributed by atoms with Gasteiger partial charge in [0.05, 0.1) is 6.04 Å². The molecule has 0 bridgehead atoms. The van der Waals surface area contributed by atoms with E-state index in [4.69, 9.17) is 16.7 Å². The van der Waals surface area contributed by atoms with Gasteiger partial charge in [-0.05, 0) is 18.1 Å². The number of nitrogens with two attached hydrogens (primary N) is 1. The van der Waals surface area contributed by atoms with E-state index in [0.717, 1.165) is 17.5 Å². The molecule has 5 nitrogen and oxygen atoms in total. The number of aromatic nitrogens is 3. The molecule has 0 radical (unpaired) electrons. The molecule has 0 aromatic carbocycles. The Hall–Kier alpha value is -2.19. The quantitative estimate of drug-likeness (QED) is 0.826. The van der Waals surface area contributed by atoms with Crippen LogP contribution < -0.4 is 5.73 Å². The highest BCUT2D eigenvalue weighted by Crippen LogP contribution is 2.22. The molecule has 2 heterocycles. The van der Waals surface area contributed by atoms with Gasteiger partial charge in [0.25, 0.3) is 0 Å². The minimum absolute atomic E-state index is 0.363. The zero-order valence-corrected chi connectivity index (χ0v) is 10.1. The largest absolute Gasteiger partial charge is 0.337 e. The Kier molecular flexibility index (Phi) is 3.70. The topological polar surface area (TPSA) is 77.8 Å². The summed E-state index contributed by atoms with van der Waals surface area (Å²) in [4.78, 5) is 8.36. The molecule has 0 aliphatic carbocycles. The lowest BCUT2D eigenvalue weighted by Gasteiger charge is -2.01. The van der Waals surface area contributed by atoms with Crippen LogP contribution in [0.3, 0.4) is 0 Å². The molecular formula is C13H14N4O. The predicted molar refractivity (Wildman–Crippen MR) is 67.3 cm³/mol. The van der Waals surface area contributed by atoms with Crippen LogP contribution in [0.1, 0.15) is 30.8 Å². The fraction of sp³-hybridized carbons (Fsp3) is 0.308. The van der Waals surface area contributed by atoms with Crippen molar-refractivity contribution in [2.24, 2.45) is 5.73 Å². The van der Waals surface area contributed by atoms with Crippen molar-refractivity contribution < 1.29 is 4.52 Å². The third-order valence-corrected chi connectivity index (χ3v) is 2.62. The monoisotopic (exact) mass is 242 g/mol. The van der Waals surface area contributed by atoms with Crippen LogP contribution in [0.15, 0.2) is 23.0 Å². The van der Waals surface area contributed by atoms with Crippen LogP contribution in [0.25, 0.3) is 11.4 Å². The second-order valence-electron chi connectivity index (χ2n) is 3.86. The molecule has 18 heavy (non-hydrogen) atoms. The summed E-state index contributed by atoms with van der Waals surface area (Å²) >= 11 is 0. The summed E-state index contributed by atoms with van der Waals surface area (Å²) in [5.41, 5.74) is 7.79. The Balaban J connectivity index is 2.32. The fourth-order valence-corrected chi connectivity index (χ4v) is 1.64. The summed E-state index contributed by atoms with van der Waals surface area (Å²) in [6.07, 6.45) is 9.93. The second-order valence-corrected chi connectivity index (χ2v) is 3.86.